The Morgan fingerprint density at radius 2 is 1.87 bits per heavy atom. The van der Waals surface area contributed by atoms with Crippen LogP contribution in [0.3, 0.4) is 0 Å². The van der Waals surface area contributed by atoms with E-state index in [1.54, 1.807) is 7.11 Å². The highest BCUT2D eigenvalue weighted by Crippen LogP contribution is 2.02. The van der Waals surface area contributed by atoms with Crippen LogP contribution < -0.4 is 5.32 Å². The highest BCUT2D eigenvalue weighted by molar-refractivity contribution is 4.72. The molecule has 15 heavy (non-hydrogen) atoms. The lowest BCUT2D eigenvalue weighted by atomic mass is 10.1. The molecule has 0 heterocycles. The summed E-state index contributed by atoms with van der Waals surface area (Å²) < 4.78 is 15.9. The molecule has 0 aromatic carbocycles. The van der Waals surface area contributed by atoms with E-state index in [-0.39, 0.29) is 11.8 Å². The van der Waals surface area contributed by atoms with Crippen LogP contribution in [0.4, 0.5) is 0 Å². The molecule has 92 valence electrons. The zero-order chi connectivity index (χ0) is 11.7. The molecule has 0 aromatic rings. The molecule has 0 spiro atoms. The topological polar surface area (TPSA) is 39.7 Å². The normalized spacial score (nSPS) is 14.2. The maximum Gasteiger partial charge on any atom is 0.132 e. The van der Waals surface area contributed by atoms with Gasteiger partial charge in [0.25, 0.3) is 0 Å². The van der Waals surface area contributed by atoms with Gasteiger partial charge in [0.05, 0.1) is 19.8 Å². The molecule has 1 unspecified atom stereocenters. The summed E-state index contributed by atoms with van der Waals surface area (Å²) in [5.74, 6) is 0. The van der Waals surface area contributed by atoms with Crippen molar-refractivity contribution in [1.29, 1.82) is 0 Å². The van der Waals surface area contributed by atoms with Crippen LogP contribution in [0.1, 0.15) is 27.7 Å². The van der Waals surface area contributed by atoms with Crippen molar-refractivity contribution in [3.05, 3.63) is 0 Å². The van der Waals surface area contributed by atoms with Gasteiger partial charge in [0, 0.05) is 19.3 Å². The van der Waals surface area contributed by atoms with E-state index in [0.29, 0.717) is 19.8 Å². The van der Waals surface area contributed by atoms with E-state index in [2.05, 4.69) is 26.1 Å². The number of hydrogen-bond donors (Lipinski definition) is 1. The highest BCUT2D eigenvalue weighted by Gasteiger charge is 2.17. The fraction of sp³-hybridized carbons (Fsp3) is 1.00. The van der Waals surface area contributed by atoms with Crippen LogP contribution in [-0.2, 0) is 14.2 Å². The molecule has 0 aliphatic rings. The van der Waals surface area contributed by atoms with E-state index in [1.165, 1.54) is 0 Å². The predicted molar refractivity (Wildman–Crippen MR) is 61.0 cm³/mol. The molecule has 0 fully saturated rings. The molecule has 0 aliphatic carbocycles. The third-order valence-corrected chi connectivity index (χ3v) is 1.66. The maximum atomic E-state index is 5.60. The van der Waals surface area contributed by atoms with Crippen LogP contribution in [-0.4, -0.2) is 45.3 Å². The molecule has 0 radical (unpaired) electrons. The van der Waals surface area contributed by atoms with Crippen molar-refractivity contribution < 1.29 is 14.2 Å². The monoisotopic (exact) mass is 219 g/mol. The first-order valence-electron chi connectivity index (χ1n) is 5.45. The van der Waals surface area contributed by atoms with E-state index >= 15 is 0 Å². The van der Waals surface area contributed by atoms with Crippen molar-refractivity contribution in [3.63, 3.8) is 0 Å². The lowest BCUT2D eigenvalue weighted by Crippen LogP contribution is -2.47. The van der Waals surface area contributed by atoms with Gasteiger partial charge in [-0.25, -0.2) is 0 Å². The predicted octanol–water partition coefficient (Wildman–Crippen LogP) is 1.40. The number of rotatable bonds is 8. The third kappa shape index (κ3) is 10.1. The van der Waals surface area contributed by atoms with Gasteiger partial charge >= 0.3 is 0 Å². The molecule has 1 N–H and O–H groups in total. The van der Waals surface area contributed by atoms with Gasteiger partial charge in [-0.05, 0) is 27.7 Å². The first-order chi connectivity index (χ1) is 6.99. The first kappa shape index (κ1) is 14.8. The van der Waals surface area contributed by atoms with Gasteiger partial charge in [0.2, 0.25) is 0 Å². The van der Waals surface area contributed by atoms with Gasteiger partial charge in [0.1, 0.15) is 6.23 Å². The Morgan fingerprint density at radius 1 is 1.20 bits per heavy atom. The second-order valence-electron chi connectivity index (χ2n) is 4.41. The number of nitrogens with one attached hydrogen (secondary N) is 1. The fourth-order valence-electron chi connectivity index (χ4n) is 1.16. The fourth-order valence-corrected chi connectivity index (χ4v) is 1.16. The molecule has 0 aliphatic heterocycles. The van der Waals surface area contributed by atoms with Crippen molar-refractivity contribution in [1.82, 2.24) is 5.32 Å². The highest BCUT2D eigenvalue weighted by atomic mass is 16.6. The zero-order valence-electron chi connectivity index (χ0n) is 10.6. The van der Waals surface area contributed by atoms with E-state index in [4.69, 9.17) is 14.2 Å². The van der Waals surface area contributed by atoms with Gasteiger partial charge in [-0.15, -0.1) is 0 Å². The molecule has 0 saturated heterocycles. The second-order valence-corrected chi connectivity index (χ2v) is 4.41. The largest absolute Gasteiger partial charge is 0.381 e. The van der Waals surface area contributed by atoms with Crippen LogP contribution in [0, 0.1) is 0 Å². The third-order valence-electron chi connectivity index (χ3n) is 1.66. The molecular weight excluding hydrogens is 194 g/mol. The Morgan fingerprint density at radius 3 is 2.33 bits per heavy atom. The van der Waals surface area contributed by atoms with Gasteiger partial charge in [-0.2, -0.15) is 0 Å². The minimum Gasteiger partial charge on any atom is -0.381 e. The Bertz CT molecular complexity index is 145. The molecule has 4 heteroatoms. The number of ether oxygens (including phenoxy) is 3. The van der Waals surface area contributed by atoms with Crippen LogP contribution in [0.15, 0.2) is 0 Å². The Kier molecular flexibility index (Phi) is 7.96. The Balaban J connectivity index is 3.73. The smallest absolute Gasteiger partial charge is 0.132 e. The van der Waals surface area contributed by atoms with Crippen LogP contribution in [0.25, 0.3) is 0 Å². The lowest BCUT2D eigenvalue weighted by Gasteiger charge is -2.28. The average molecular weight is 219 g/mol. The molecule has 0 bridgehead atoms. The molecule has 0 saturated carbocycles. The van der Waals surface area contributed by atoms with Crippen molar-refractivity contribution in [2.45, 2.75) is 39.5 Å². The summed E-state index contributed by atoms with van der Waals surface area (Å²) in [5, 5.41) is 3.33. The number of hydrogen-bond acceptors (Lipinski definition) is 4. The summed E-state index contributed by atoms with van der Waals surface area (Å²) in [5.41, 5.74) is 0.0226. The van der Waals surface area contributed by atoms with Gasteiger partial charge < -0.3 is 14.2 Å². The van der Waals surface area contributed by atoms with Gasteiger partial charge in [-0.1, -0.05) is 0 Å². The molecule has 0 aromatic heterocycles. The maximum absolute atomic E-state index is 5.60. The van der Waals surface area contributed by atoms with Crippen molar-refractivity contribution >= 4 is 0 Å². The van der Waals surface area contributed by atoms with E-state index < -0.39 is 0 Å². The molecular formula is C11H25NO3. The van der Waals surface area contributed by atoms with Gasteiger partial charge in [0.15, 0.2) is 0 Å². The Hall–Kier alpha value is -0.160. The van der Waals surface area contributed by atoms with E-state index in [0.717, 1.165) is 6.61 Å². The quantitative estimate of drug-likeness (QED) is 0.495. The second kappa shape index (κ2) is 8.05. The van der Waals surface area contributed by atoms with Crippen LogP contribution in [0.5, 0.6) is 0 Å². The van der Waals surface area contributed by atoms with Gasteiger partial charge in [-0.3, -0.25) is 5.32 Å². The summed E-state index contributed by atoms with van der Waals surface area (Å²) in [6, 6.07) is 0. The molecule has 1 atom stereocenters. The SMILES string of the molecule is CCOCCOC(COC)NC(C)(C)C. The summed E-state index contributed by atoms with van der Waals surface area (Å²) in [6.07, 6.45) is -0.0737. The summed E-state index contributed by atoms with van der Waals surface area (Å²) in [6.45, 7) is 10.8. The lowest BCUT2D eigenvalue weighted by molar-refractivity contribution is -0.0525. The van der Waals surface area contributed by atoms with Crippen LogP contribution >= 0.6 is 0 Å². The van der Waals surface area contributed by atoms with Crippen molar-refractivity contribution in [2.75, 3.05) is 33.5 Å². The van der Waals surface area contributed by atoms with Crippen LogP contribution in [0.2, 0.25) is 0 Å². The summed E-state index contributed by atoms with van der Waals surface area (Å²) in [7, 11) is 1.67. The summed E-state index contributed by atoms with van der Waals surface area (Å²) in [4.78, 5) is 0. The zero-order valence-corrected chi connectivity index (χ0v) is 10.6. The summed E-state index contributed by atoms with van der Waals surface area (Å²) >= 11 is 0. The minimum absolute atomic E-state index is 0.0226. The van der Waals surface area contributed by atoms with E-state index in [1.807, 2.05) is 6.92 Å². The average Bonchev–Trinajstić information content (AvgIpc) is 2.10. The molecule has 4 nitrogen and oxygen atoms in total. The molecule has 0 amide bonds. The van der Waals surface area contributed by atoms with Crippen molar-refractivity contribution in [3.8, 4) is 0 Å². The number of methoxy groups -OCH3 is 1. The standard InChI is InChI=1S/C11H25NO3/c1-6-14-7-8-15-10(9-13-5)12-11(2,3)4/h10,12H,6-9H2,1-5H3. The van der Waals surface area contributed by atoms with E-state index in [9.17, 15) is 0 Å². The molecule has 0 rings (SSSR count). The minimum atomic E-state index is -0.0737. The van der Waals surface area contributed by atoms with Crippen molar-refractivity contribution in [2.24, 2.45) is 0 Å². The Labute approximate surface area is 93.3 Å². The first-order valence-corrected chi connectivity index (χ1v) is 5.45.